The first-order valence-electron chi connectivity index (χ1n) is 7.65. The third kappa shape index (κ3) is 3.25. The third-order valence-corrected chi connectivity index (χ3v) is 4.78. The summed E-state index contributed by atoms with van der Waals surface area (Å²) in [5.41, 5.74) is 1.81. The molecule has 128 valence electrons. The second-order valence-electron chi connectivity index (χ2n) is 5.67. The minimum atomic E-state index is -0.162. The molecule has 8 heteroatoms. The molecule has 0 saturated heterocycles. The van der Waals surface area contributed by atoms with Gasteiger partial charge in [-0.25, -0.2) is 4.98 Å². The number of fused-ring (bicyclic) bond motifs is 2. The summed E-state index contributed by atoms with van der Waals surface area (Å²) < 4.78 is 15.7. The van der Waals surface area contributed by atoms with E-state index in [2.05, 4.69) is 15.5 Å². The fourth-order valence-corrected chi connectivity index (χ4v) is 3.33. The predicted molar refractivity (Wildman–Crippen MR) is 93.2 cm³/mol. The van der Waals surface area contributed by atoms with Crippen molar-refractivity contribution in [2.24, 2.45) is 0 Å². The van der Waals surface area contributed by atoms with Gasteiger partial charge < -0.3 is 19.3 Å². The zero-order valence-electron chi connectivity index (χ0n) is 13.7. The van der Waals surface area contributed by atoms with Gasteiger partial charge in [0.25, 0.3) is 0 Å². The molecule has 0 atom stereocenters. The molecular formula is C17H15N3O4S. The Kier molecular flexibility index (Phi) is 3.96. The van der Waals surface area contributed by atoms with Gasteiger partial charge in [0, 0.05) is 17.5 Å². The Morgan fingerprint density at radius 3 is 2.76 bits per heavy atom. The van der Waals surface area contributed by atoms with Crippen LogP contribution in [0.3, 0.4) is 0 Å². The minimum Gasteiger partial charge on any atom is -0.454 e. The van der Waals surface area contributed by atoms with Crippen molar-refractivity contribution in [3.05, 3.63) is 35.6 Å². The van der Waals surface area contributed by atoms with Crippen LogP contribution in [-0.4, -0.2) is 28.6 Å². The summed E-state index contributed by atoms with van der Waals surface area (Å²) in [4.78, 5) is 16.7. The molecule has 0 unspecified atom stereocenters. The summed E-state index contributed by atoms with van der Waals surface area (Å²) >= 11 is 1.38. The average Bonchev–Trinajstić information content (AvgIpc) is 3.19. The zero-order valence-corrected chi connectivity index (χ0v) is 14.5. The highest BCUT2D eigenvalue weighted by Crippen LogP contribution is 2.36. The number of carbonyl (C=O) groups excluding carboxylic acids is 1. The summed E-state index contributed by atoms with van der Waals surface area (Å²) in [5.74, 6) is 2.56. The number of benzene rings is 1. The molecule has 1 aliphatic heterocycles. The second kappa shape index (κ2) is 6.29. The summed E-state index contributed by atoms with van der Waals surface area (Å²) in [6.07, 6.45) is 0. The highest BCUT2D eigenvalue weighted by Gasteiger charge is 2.16. The van der Waals surface area contributed by atoms with Crippen molar-refractivity contribution < 1.29 is 18.8 Å². The number of thioether (sulfide) groups is 1. The number of hydrogen-bond acceptors (Lipinski definition) is 7. The molecule has 25 heavy (non-hydrogen) atoms. The number of hydrogen-bond donors (Lipinski definition) is 1. The van der Waals surface area contributed by atoms with E-state index in [-0.39, 0.29) is 18.5 Å². The van der Waals surface area contributed by atoms with E-state index in [1.165, 1.54) is 11.8 Å². The Bertz CT molecular complexity index is 970. The van der Waals surface area contributed by atoms with Crippen LogP contribution in [0.2, 0.25) is 0 Å². The molecule has 1 aliphatic rings. The average molecular weight is 357 g/mol. The van der Waals surface area contributed by atoms with Crippen LogP contribution in [0.25, 0.3) is 10.9 Å². The van der Waals surface area contributed by atoms with Gasteiger partial charge in [0.2, 0.25) is 12.7 Å². The predicted octanol–water partition coefficient (Wildman–Crippen LogP) is 3.30. The molecule has 0 spiro atoms. The molecule has 7 nitrogen and oxygen atoms in total. The monoisotopic (exact) mass is 357 g/mol. The highest BCUT2D eigenvalue weighted by atomic mass is 32.2. The van der Waals surface area contributed by atoms with Crippen LogP contribution < -0.4 is 14.8 Å². The van der Waals surface area contributed by atoms with E-state index < -0.39 is 0 Å². The van der Waals surface area contributed by atoms with Gasteiger partial charge in [0.05, 0.1) is 11.3 Å². The minimum absolute atomic E-state index is 0.162. The van der Waals surface area contributed by atoms with Crippen molar-refractivity contribution in [2.45, 2.75) is 18.9 Å². The number of aryl methyl sites for hydroxylation is 2. The van der Waals surface area contributed by atoms with E-state index in [0.29, 0.717) is 17.3 Å². The lowest BCUT2D eigenvalue weighted by atomic mass is 10.1. The summed E-state index contributed by atoms with van der Waals surface area (Å²) in [6.45, 7) is 3.97. The van der Waals surface area contributed by atoms with Crippen molar-refractivity contribution in [3.63, 3.8) is 0 Å². The van der Waals surface area contributed by atoms with Crippen LogP contribution in [0.4, 0.5) is 5.82 Å². The maximum absolute atomic E-state index is 12.0. The topological polar surface area (TPSA) is 86.5 Å². The van der Waals surface area contributed by atoms with Crippen molar-refractivity contribution in [3.8, 4) is 11.5 Å². The van der Waals surface area contributed by atoms with Crippen LogP contribution in [0.1, 0.15) is 11.3 Å². The molecule has 0 bridgehead atoms. The van der Waals surface area contributed by atoms with Crippen molar-refractivity contribution in [2.75, 3.05) is 17.9 Å². The molecule has 0 radical (unpaired) electrons. The van der Waals surface area contributed by atoms with E-state index in [0.717, 1.165) is 27.2 Å². The molecule has 2 aromatic heterocycles. The van der Waals surface area contributed by atoms with Crippen molar-refractivity contribution >= 4 is 34.4 Å². The molecule has 0 fully saturated rings. The number of pyridine rings is 1. The van der Waals surface area contributed by atoms with Gasteiger partial charge in [0.15, 0.2) is 17.3 Å². The number of anilines is 1. The van der Waals surface area contributed by atoms with Crippen LogP contribution >= 0.6 is 11.8 Å². The van der Waals surface area contributed by atoms with Crippen LogP contribution in [-0.2, 0) is 4.79 Å². The fourth-order valence-electron chi connectivity index (χ4n) is 2.54. The van der Waals surface area contributed by atoms with E-state index in [1.807, 2.05) is 25.1 Å². The summed E-state index contributed by atoms with van der Waals surface area (Å²) in [5, 5.41) is 8.22. The summed E-state index contributed by atoms with van der Waals surface area (Å²) in [6, 6.07) is 7.49. The van der Waals surface area contributed by atoms with Crippen molar-refractivity contribution in [1.29, 1.82) is 0 Å². The van der Waals surface area contributed by atoms with Gasteiger partial charge in [-0.15, -0.1) is 0 Å². The molecule has 4 rings (SSSR count). The van der Waals surface area contributed by atoms with Gasteiger partial charge >= 0.3 is 0 Å². The zero-order chi connectivity index (χ0) is 17.4. The molecule has 1 N–H and O–H groups in total. The van der Waals surface area contributed by atoms with E-state index >= 15 is 0 Å². The Morgan fingerprint density at radius 1 is 1.20 bits per heavy atom. The Balaban J connectivity index is 1.50. The number of aromatic nitrogens is 2. The Hall–Kier alpha value is -2.74. The maximum atomic E-state index is 12.0. The summed E-state index contributed by atoms with van der Waals surface area (Å²) in [7, 11) is 0. The maximum Gasteiger partial charge on any atom is 0.236 e. The number of rotatable bonds is 4. The normalized spacial score (nSPS) is 12.6. The van der Waals surface area contributed by atoms with Crippen LogP contribution in [0, 0.1) is 13.8 Å². The van der Waals surface area contributed by atoms with Gasteiger partial charge in [-0.2, -0.15) is 0 Å². The van der Waals surface area contributed by atoms with Crippen LogP contribution in [0.15, 0.2) is 33.8 Å². The number of nitrogens with zero attached hydrogens (tertiary/aromatic N) is 2. The molecule has 0 saturated carbocycles. The van der Waals surface area contributed by atoms with Crippen molar-refractivity contribution in [1.82, 2.24) is 10.1 Å². The van der Waals surface area contributed by atoms with Gasteiger partial charge in [0.1, 0.15) is 10.8 Å². The second-order valence-corrected chi connectivity index (χ2v) is 6.63. The Morgan fingerprint density at radius 2 is 2.00 bits per heavy atom. The number of ether oxygens (including phenoxy) is 2. The quantitative estimate of drug-likeness (QED) is 0.717. The number of amides is 1. The lowest BCUT2D eigenvalue weighted by Gasteiger charge is -2.08. The fraction of sp³-hybridized carbons (Fsp3) is 0.235. The third-order valence-electron chi connectivity index (χ3n) is 3.69. The first-order valence-corrected chi connectivity index (χ1v) is 8.64. The molecule has 3 aromatic rings. The molecule has 1 aromatic carbocycles. The van der Waals surface area contributed by atoms with Crippen LogP contribution in [0.5, 0.6) is 11.5 Å². The SMILES string of the molecule is Cc1cc(NC(=O)CSc2nc3cc4c(cc3cc2C)OCO4)no1. The Labute approximate surface area is 147 Å². The lowest BCUT2D eigenvalue weighted by molar-refractivity contribution is -0.113. The molecular weight excluding hydrogens is 342 g/mol. The van der Waals surface area contributed by atoms with Gasteiger partial charge in [-0.3, -0.25) is 4.79 Å². The molecule has 0 aliphatic carbocycles. The van der Waals surface area contributed by atoms with E-state index in [4.69, 9.17) is 14.0 Å². The van der Waals surface area contributed by atoms with Gasteiger partial charge in [-0.05, 0) is 31.5 Å². The molecule has 3 heterocycles. The van der Waals surface area contributed by atoms with E-state index in [1.54, 1.807) is 13.0 Å². The molecule has 1 amide bonds. The standard InChI is InChI=1S/C17H15N3O4S/c1-9-3-11-5-13-14(23-8-22-13)6-12(11)18-17(9)25-7-16(21)19-15-4-10(2)24-20-15/h3-6H,7-8H2,1-2H3,(H,19,20,21). The van der Waals surface area contributed by atoms with E-state index in [9.17, 15) is 4.79 Å². The largest absolute Gasteiger partial charge is 0.454 e. The van der Waals surface area contributed by atoms with Gasteiger partial charge in [-0.1, -0.05) is 16.9 Å². The first-order chi connectivity index (χ1) is 12.1. The lowest BCUT2D eigenvalue weighted by Crippen LogP contribution is -2.14. The number of carbonyl (C=O) groups is 1. The number of nitrogens with one attached hydrogen (secondary N) is 1. The first kappa shape index (κ1) is 15.8. The highest BCUT2D eigenvalue weighted by molar-refractivity contribution is 8.00. The smallest absolute Gasteiger partial charge is 0.236 e.